The maximum atomic E-state index is 14.3. The molecule has 10 heteroatoms. The SMILES string of the molecule is COc1ccc([N+](=O)[O-])cc1C(c1c(C)n(C)n(-c2ccccc2)c1=O)c1c(C)n(C)n(-c2ccccc2)c1=O. The molecule has 3 aromatic carbocycles. The molecule has 0 atom stereocenters. The van der Waals surface area contributed by atoms with E-state index < -0.39 is 10.8 Å². The fourth-order valence-electron chi connectivity index (χ4n) is 5.36. The predicted octanol–water partition coefficient (Wildman–Crippen LogP) is 4.38. The summed E-state index contributed by atoms with van der Waals surface area (Å²) in [5, 5.41) is 11.8. The van der Waals surface area contributed by atoms with Crippen LogP contribution in [0.25, 0.3) is 11.4 Å². The first kappa shape index (κ1) is 26.5. The second kappa shape index (κ2) is 10.2. The summed E-state index contributed by atoms with van der Waals surface area (Å²) in [4.78, 5) is 39.8. The monoisotopic (exact) mass is 539 g/mol. The van der Waals surface area contributed by atoms with Crippen LogP contribution in [-0.4, -0.2) is 30.8 Å². The zero-order chi connectivity index (χ0) is 28.7. The van der Waals surface area contributed by atoms with Crippen molar-refractivity contribution < 1.29 is 9.66 Å². The molecule has 0 saturated carbocycles. The highest BCUT2D eigenvalue weighted by atomic mass is 16.6. The molecule has 204 valence electrons. The fourth-order valence-corrected chi connectivity index (χ4v) is 5.36. The lowest BCUT2D eigenvalue weighted by atomic mass is 9.84. The molecular weight excluding hydrogens is 510 g/mol. The topological polar surface area (TPSA) is 106 Å². The van der Waals surface area contributed by atoms with Gasteiger partial charge in [-0.3, -0.25) is 29.1 Å². The minimum absolute atomic E-state index is 0.172. The third-order valence-electron chi connectivity index (χ3n) is 7.51. The van der Waals surface area contributed by atoms with Crippen LogP contribution in [0.4, 0.5) is 5.69 Å². The number of nitro benzene ring substituents is 1. The first-order chi connectivity index (χ1) is 19.2. The van der Waals surface area contributed by atoms with Gasteiger partial charge < -0.3 is 4.74 Å². The number of ether oxygens (including phenoxy) is 1. The summed E-state index contributed by atoms with van der Waals surface area (Å²) >= 11 is 0. The van der Waals surface area contributed by atoms with Crippen LogP contribution in [0.5, 0.6) is 5.75 Å². The van der Waals surface area contributed by atoms with Crippen molar-refractivity contribution in [3.8, 4) is 17.1 Å². The Morgan fingerprint density at radius 3 is 1.60 bits per heavy atom. The summed E-state index contributed by atoms with van der Waals surface area (Å²) in [7, 11) is 5.01. The number of nitro groups is 1. The molecular formula is C30H29N5O5. The number of rotatable bonds is 7. The van der Waals surface area contributed by atoms with Gasteiger partial charge in [-0.1, -0.05) is 36.4 Å². The Kier molecular flexibility index (Phi) is 6.76. The first-order valence-electron chi connectivity index (χ1n) is 12.7. The molecule has 0 radical (unpaired) electrons. The molecule has 0 bridgehead atoms. The third kappa shape index (κ3) is 4.14. The van der Waals surface area contributed by atoms with Gasteiger partial charge in [0.1, 0.15) is 5.75 Å². The maximum absolute atomic E-state index is 14.3. The summed E-state index contributed by atoms with van der Waals surface area (Å²) in [5.41, 5.74) is 2.71. The molecule has 10 nitrogen and oxygen atoms in total. The van der Waals surface area contributed by atoms with Gasteiger partial charge in [-0.2, -0.15) is 0 Å². The average molecular weight is 540 g/mol. The van der Waals surface area contributed by atoms with Crippen molar-refractivity contribution in [1.82, 2.24) is 18.7 Å². The Morgan fingerprint density at radius 2 is 1.20 bits per heavy atom. The van der Waals surface area contributed by atoms with Crippen LogP contribution in [0.1, 0.15) is 34.0 Å². The van der Waals surface area contributed by atoms with Gasteiger partial charge >= 0.3 is 0 Å². The molecule has 5 aromatic rings. The number of hydrogen-bond acceptors (Lipinski definition) is 5. The van der Waals surface area contributed by atoms with Crippen LogP contribution in [0.2, 0.25) is 0 Å². The van der Waals surface area contributed by atoms with E-state index in [-0.39, 0.29) is 16.8 Å². The number of benzene rings is 3. The van der Waals surface area contributed by atoms with Gasteiger partial charge in [0.25, 0.3) is 16.8 Å². The summed E-state index contributed by atoms with van der Waals surface area (Å²) in [5.74, 6) is -0.624. The summed E-state index contributed by atoms with van der Waals surface area (Å²) in [6, 6.07) is 22.6. The van der Waals surface area contributed by atoms with E-state index in [4.69, 9.17) is 4.74 Å². The smallest absolute Gasteiger partial charge is 0.275 e. The molecule has 0 N–H and O–H groups in total. The molecule has 0 saturated heterocycles. The number of aromatic nitrogens is 4. The van der Waals surface area contributed by atoms with E-state index in [2.05, 4.69) is 0 Å². The van der Waals surface area contributed by atoms with Crippen molar-refractivity contribution in [2.45, 2.75) is 19.8 Å². The molecule has 0 aliphatic carbocycles. The van der Waals surface area contributed by atoms with Gasteiger partial charge in [0.2, 0.25) is 0 Å². The second-order valence-electron chi connectivity index (χ2n) is 9.57. The Morgan fingerprint density at radius 1 is 0.750 bits per heavy atom. The summed E-state index contributed by atoms with van der Waals surface area (Å²) < 4.78 is 12.2. The van der Waals surface area contributed by atoms with Crippen molar-refractivity contribution in [2.24, 2.45) is 14.1 Å². The van der Waals surface area contributed by atoms with E-state index in [9.17, 15) is 19.7 Å². The van der Waals surface area contributed by atoms with Gasteiger partial charge in [-0.05, 0) is 44.2 Å². The quantitative estimate of drug-likeness (QED) is 0.225. The highest BCUT2D eigenvalue weighted by molar-refractivity contribution is 5.55. The van der Waals surface area contributed by atoms with Crippen LogP contribution in [0.3, 0.4) is 0 Å². The van der Waals surface area contributed by atoms with Crippen LogP contribution in [0, 0.1) is 24.0 Å². The Bertz CT molecular complexity index is 1740. The van der Waals surface area contributed by atoms with E-state index in [1.165, 1.54) is 34.7 Å². The zero-order valence-corrected chi connectivity index (χ0v) is 22.9. The van der Waals surface area contributed by atoms with Gasteiger partial charge in [0, 0.05) is 43.2 Å². The highest BCUT2D eigenvalue weighted by Gasteiger charge is 2.35. The third-order valence-corrected chi connectivity index (χ3v) is 7.51. The standard InChI is InChI=1S/C30H29N5O5/c1-19-26(29(36)33(31(19)3)21-12-8-6-9-13-21)28(24-18-23(35(38)39)16-17-25(24)40-5)27-20(2)32(4)34(30(27)37)22-14-10-7-11-15-22/h6-18,28H,1-5H3. The minimum Gasteiger partial charge on any atom is -0.496 e. The number of methoxy groups -OCH3 is 1. The molecule has 0 amide bonds. The average Bonchev–Trinajstić information content (AvgIpc) is 3.32. The summed E-state index contributed by atoms with van der Waals surface area (Å²) in [6.07, 6.45) is 0. The van der Waals surface area contributed by atoms with Crippen LogP contribution < -0.4 is 15.9 Å². The predicted molar refractivity (Wildman–Crippen MR) is 152 cm³/mol. The number of hydrogen-bond donors (Lipinski definition) is 0. The molecule has 40 heavy (non-hydrogen) atoms. The molecule has 5 rings (SSSR count). The normalized spacial score (nSPS) is 11.2. The first-order valence-corrected chi connectivity index (χ1v) is 12.7. The van der Waals surface area contributed by atoms with Crippen molar-refractivity contribution in [3.05, 3.63) is 138 Å². The van der Waals surface area contributed by atoms with Crippen molar-refractivity contribution in [3.63, 3.8) is 0 Å². The Hall–Kier alpha value is -5.12. The second-order valence-corrected chi connectivity index (χ2v) is 9.57. The lowest BCUT2D eigenvalue weighted by molar-refractivity contribution is -0.384. The fraction of sp³-hybridized carbons (Fsp3) is 0.200. The lowest BCUT2D eigenvalue weighted by Crippen LogP contribution is -2.26. The molecule has 0 aliphatic heterocycles. The maximum Gasteiger partial charge on any atom is 0.275 e. The van der Waals surface area contributed by atoms with E-state index in [1.807, 2.05) is 60.7 Å². The summed E-state index contributed by atoms with van der Waals surface area (Å²) in [6.45, 7) is 3.61. The van der Waals surface area contributed by atoms with Crippen LogP contribution in [-0.2, 0) is 14.1 Å². The zero-order valence-electron chi connectivity index (χ0n) is 22.9. The van der Waals surface area contributed by atoms with E-state index in [1.54, 1.807) is 37.3 Å². The minimum atomic E-state index is -0.956. The molecule has 0 unspecified atom stereocenters. The Balaban J connectivity index is 1.91. The molecule has 0 aliphatic rings. The van der Waals surface area contributed by atoms with E-state index >= 15 is 0 Å². The Labute approximate surface area is 230 Å². The van der Waals surface area contributed by atoms with Crippen LogP contribution >= 0.6 is 0 Å². The molecule has 0 spiro atoms. The van der Waals surface area contributed by atoms with Gasteiger partial charge in [0.15, 0.2) is 0 Å². The number of nitrogens with zero attached hydrogens (tertiary/aromatic N) is 5. The van der Waals surface area contributed by atoms with Crippen LogP contribution in [0.15, 0.2) is 88.5 Å². The van der Waals surface area contributed by atoms with Crippen molar-refractivity contribution >= 4 is 5.69 Å². The van der Waals surface area contributed by atoms with Gasteiger partial charge in [-0.25, -0.2) is 9.36 Å². The number of para-hydroxylation sites is 2. The highest BCUT2D eigenvalue weighted by Crippen LogP contribution is 2.39. The van der Waals surface area contributed by atoms with E-state index in [0.717, 1.165) is 0 Å². The van der Waals surface area contributed by atoms with Gasteiger partial charge in [-0.15, -0.1) is 0 Å². The van der Waals surface area contributed by atoms with E-state index in [0.29, 0.717) is 45.2 Å². The largest absolute Gasteiger partial charge is 0.496 e. The number of non-ortho nitro benzene ring substituents is 1. The molecule has 0 fully saturated rings. The van der Waals surface area contributed by atoms with Crippen molar-refractivity contribution in [1.29, 1.82) is 0 Å². The lowest BCUT2D eigenvalue weighted by Gasteiger charge is -2.19. The molecule has 2 aromatic heterocycles. The van der Waals surface area contributed by atoms with Gasteiger partial charge in [0.05, 0.1) is 40.5 Å². The van der Waals surface area contributed by atoms with Crippen molar-refractivity contribution in [2.75, 3.05) is 7.11 Å². The molecule has 2 heterocycles.